The van der Waals surface area contributed by atoms with E-state index in [2.05, 4.69) is 5.32 Å². The molecular weight excluding hydrogens is 284 g/mol. The van der Waals surface area contributed by atoms with E-state index in [1.54, 1.807) is 18.2 Å². The highest BCUT2D eigenvalue weighted by atomic mass is 35.5. The van der Waals surface area contributed by atoms with Gasteiger partial charge in [-0.25, -0.2) is 0 Å². The lowest BCUT2D eigenvalue weighted by atomic mass is 10.1. The first kappa shape index (κ1) is 13.5. The number of nitrogen functional groups attached to an aromatic ring is 1. The van der Waals surface area contributed by atoms with E-state index >= 15 is 0 Å². The second-order valence-corrected chi connectivity index (χ2v) is 5.13. The van der Waals surface area contributed by atoms with Crippen LogP contribution in [0.25, 0.3) is 10.8 Å². The van der Waals surface area contributed by atoms with E-state index in [1.807, 2.05) is 42.5 Å². The van der Waals surface area contributed by atoms with Crippen molar-refractivity contribution in [2.45, 2.75) is 0 Å². The molecule has 3 rings (SSSR count). The predicted octanol–water partition coefficient (Wildman–Crippen LogP) is 4.33. The predicted molar refractivity (Wildman–Crippen MR) is 87.8 cm³/mol. The SMILES string of the molecule is Nc1ccc(Cl)c(C(=O)Nc2cccc3ccccc23)c1. The zero-order valence-electron chi connectivity index (χ0n) is 11.1. The van der Waals surface area contributed by atoms with E-state index in [1.165, 1.54) is 0 Å². The van der Waals surface area contributed by atoms with Gasteiger partial charge in [0.1, 0.15) is 0 Å². The molecule has 0 spiro atoms. The van der Waals surface area contributed by atoms with Crippen LogP contribution in [0.2, 0.25) is 5.02 Å². The fraction of sp³-hybridized carbons (Fsp3) is 0. The highest BCUT2D eigenvalue weighted by Gasteiger charge is 2.12. The van der Waals surface area contributed by atoms with Gasteiger partial charge in [-0.1, -0.05) is 48.0 Å². The summed E-state index contributed by atoms with van der Waals surface area (Å²) in [7, 11) is 0. The molecule has 0 saturated carbocycles. The topological polar surface area (TPSA) is 55.1 Å². The molecular formula is C17H13ClN2O. The van der Waals surface area contributed by atoms with Gasteiger partial charge in [0.2, 0.25) is 0 Å². The van der Waals surface area contributed by atoms with Crippen LogP contribution in [0.3, 0.4) is 0 Å². The van der Waals surface area contributed by atoms with Crippen LogP contribution < -0.4 is 11.1 Å². The van der Waals surface area contributed by atoms with Crippen LogP contribution in [-0.2, 0) is 0 Å². The van der Waals surface area contributed by atoms with Crippen molar-refractivity contribution in [2.24, 2.45) is 0 Å². The maximum atomic E-state index is 12.4. The summed E-state index contributed by atoms with van der Waals surface area (Å²) < 4.78 is 0. The number of fused-ring (bicyclic) bond motifs is 1. The molecule has 0 saturated heterocycles. The number of halogens is 1. The first-order valence-electron chi connectivity index (χ1n) is 6.49. The number of hydrogen-bond acceptors (Lipinski definition) is 2. The molecule has 0 aliphatic heterocycles. The molecule has 0 heterocycles. The maximum Gasteiger partial charge on any atom is 0.257 e. The Morgan fingerprint density at radius 2 is 1.76 bits per heavy atom. The van der Waals surface area contributed by atoms with E-state index in [4.69, 9.17) is 17.3 Å². The van der Waals surface area contributed by atoms with Crippen LogP contribution >= 0.6 is 11.6 Å². The summed E-state index contributed by atoms with van der Waals surface area (Å²) in [6.45, 7) is 0. The summed E-state index contributed by atoms with van der Waals surface area (Å²) in [5.41, 5.74) is 7.33. The Labute approximate surface area is 127 Å². The van der Waals surface area contributed by atoms with E-state index in [0.29, 0.717) is 16.3 Å². The molecule has 3 aromatic carbocycles. The number of rotatable bonds is 2. The second-order valence-electron chi connectivity index (χ2n) is 4.72. The van der Waals surface area contributed by atoms with Crippen LogP contribution in [0.4, 0.5) is 11.4 Å². The van der Waals surface area contributed by atoms with Gasteiger partial charge in [0, 0.05) is 16.8 Å². The Balaban J connectivity index is 1.99. The lowest BCUT2D eigenvalue weighted by molar-refractivity contribution is 0.102. The van der Waals surface area contributed by atoms with Gasteiger partial charge in [-0.05, 0) is 29.7 Å². The summed E-state index contributed by atoms with van der Waals surface area (Å²) in [5.74, 6) is -0.274. The molecule has 1 amide bonds. The summed E-state index contributed by atoms with van der Waals surface area (Å²) in [4.78, 5) is 12.4. The number of anilines is 2. The van der Waals surface area contributed by atoms with Crippen molar-refractivity contribution in [3.8, 4) is 0 Å². The normalized spacial score (nSPS) is 10.5. The van der Waals surface area contributed by atoms with Crippen molar-refractivity contribution in [3.63, 3.8) is 0 Å². The number of carbonyl (C=O) groups excluding carboxylic acids is 1. The Morgan fingerprint density at radius 1 is 1.00 bits per heavy atom. The minimum Gasteiger partial charge on any atom is -0.399 e. The van der Waals surface area contributed by atoms with Crippen molar-refractivity contribution < 1.29 is 4.79 Å². The zero-order valence-corrected chi connectivity index (χ0v) is 11.9. The van der Waals surface area contributed by atoms with Gasteiger partial charge < -0.3 is 11.1 Å². The van der Waals surface area contributed by atoms with E-state index in [0.717, 1.165) is 16.5 Å². The maximum absolute atomic E-state index is 12.4. The number of nitrogens with two attached hydrogens (primary N) is 1. The van der Waals surface area contributed by atoms with Crippen molar-refractivity contribution in [3.05, 3.63) is 71.2 Å². The molecule has 3 aromatic rings. The molecule has 4 heteroatoms. The Kier molecular flexibility index (Phi) is 3.50. The summed E-state index contributed by atoms with van der Waals surface area (Å²) in [6, 6.07) is 18.5. The smallest absolute Gasteiger partial charge is 0.257 e. The van der Waals surface area contributed by atoms with Crippen molar-refractivity contribution in [1.82, 2.24) is 0 Å². The molecule has 0 aliphatic rings. The van der Waals surface area contributed by atoms with Crippen molar-refractivity contribution in [1.29, 1.82) is 0 Å². The lowest BCUT2D eigenvalue weighted by Gasteiger charge is -2.10. The number of hydrogen-bond donors (Lipinski definition) is 2. The molecule has 0 atom stereocenters. The minimum absolute atomic E-state index is 0.274. The average Bonchev–Trinajstić information content (AvgIpc) is 2.50. The summed E-state index contributed by atoms with van der Waals surface area (Å²) in [5, 5.41) is 5.31. The number of nitrogens with one attached hydrogen (secondary N) is 1. The fourth-order valence-corrected chi connectivity index (χ4v) is 2.44. The third-order valence-electron chi connectivity index (χ3n) is 3.27. The Hall–Kier alpha value is -2.52. The molecule has 0 aliphatic carbocycles. The van der Waals surface area contributed by atoms with Crippen LogP contribution in [0, 0.1) is 0 Å². The lowest BCUT2D eigenvalue weighted by Crippen LogP contribution is -2.13. The third-order valence-corrected chi connectivity index (χ3v) is 3.60. The highest BCUT2D eigenvalue weighted by Crippen LogP contribution is 2.25. The average molecular weight is 297 g/mol. The van der Waals surface area contributed by atoms with Gasteiger partial charge in [-0.3, -0.25) is 4.79 Å². The van der Waals surface area contributed by atoms with Gasteiger partial charge in [0.15, 0.2) is 0 Å². The van der Waals surface area contributed by atoms with Crippen LogP contribution in [0.1, 0.15) is 10.4 Å². The minimum atomic E-state index is -0.274. The first-order valence-corrected chi connectivity index (χ1v) is 6.87. The molecule has 0 bridgehead atoms. The zero-order chi connectivity index (χ0) is 14.8. The van der Waals surface area contributed by atoms with Gasteiger partial charge >= 0.3 is 0 Å². The Morgan fingerprint density at radius 3 is 2.62 bits per heavy atom. The van der Waals surface area contributed by atoms with Crippen molar-refractivity contribution >= 4 is 39.7 Å². The number of benzene rings is 3. The second kappa shape index (κ2) is 5.46. The van der Waals surface area contributed by atoms with Crippen LogP contribution in [-0.4, -0.2) is 5.91 Å². The quantitative estimate of drug-likeness (QED) is 0.692. The summed E-state index contributed by atoms with van der Waals surface area (Å²) in [6.07, 6.45) is 0. The first-order chi connectivity index (χ1) is 10.1. The van der Waals surface area contributed by atoms with E-state index in [-0.39, 0.29) is 5.91 Å². The standard InChI is InChI=1S/C17H13ClN2O/c18-15-9-8-12(19)10-14(15)17(21)20-16-7-3-5-11-4-1-2-6-13(11)16/h1-10H,19H2,(H,20,21). The van der Waals surface area contributed by atoms with Gasteiger partial charge in [-0.2, -0.15) is 0 Å². The number of amides is 1. The third kappa shape index (κ3) is 2.69. The molecule has 21 heavy (non-hydrogen) atoms. The van der Waals surface area contributed by atoms with E-state index in [9.17, 15) is 4.79 Å². The van der Waals surface area contributed by atoms with Gasteiger partial charge in [0.05, 0.1) is 10.6 Å². The van der Waals surface area contributed by atoms with Gasteiger partial charge in [-0.15, -0.1) is 0 Å². The molecule has 0 radical (unpaired) electrons. The largest absolute Gasteiger partial charge is 0.399 e. The summed E-state index contributed by atoms with van der Waals surface area (Å²) >= 11 is 6.06. The van der Waals surface area contributed by atoms with Gasteiger partial charge in [0.25, 0.3) is 5.91 Å². The molecule has 0 unspecified atom stereocenters. The molecule has 3 nitrogen and oxygen atoms in total. The van der Waals surface area contributed by atoms with E-state index < -0.39 is 0 Å². The fourth-order valence-electron chi connectivity index (χ4n) is 2.24. The monoisotopic (exact) mass is 296 g/mol. The molecule has 104 valence electrons. The molecule has 0 aromatic heterocycles. The Bertz CT molecular complexity index is 825. The highest BCUT2D eigenvalue weighted by molar-refractivity contribution is 6.34. The van der Waals surface area contributed by atoms with Crippen molar-refractivity contribution in [2.75, 3.05) is 11.1 Å². The number of carbonyl (C=O) groups is 1. The molecule has 0 fully saturated rings. The van der Waals surface area contributed by atoms with Crippen LogP contribution in [0.5, 0.6) is 0 Å². The molecule has 3 N–H and O–H groups in total. The van der Waals surface area contributed by atoms with Crippen LogP contribution in [0.15, 0.2) is 60.7 Å².